The number of rotatable bonds is 15. The molecule has 24 heavy (non-hydrogen) atoms. The highest BCUT2D eigenvalue weighted by Crippen LogP contribution is 2.16. The number of carbonyl (C=O) groups is 1. The lowest BCUT2D eigenvalue weighted by atomic mass is 9.96. The molecule has 1 unspecified atom stereocenters. The normalized spacial score (nSPS) is 13.3. The lowest BCUT2D eigenvalue weighted by Crippen LogP contribution is -2.31. The highest BCUT2D eigenvalue weighted by atomic mass is 16.5. The van der Waals surface area contributed by atoms with E-state index >= 15 is 0 Å². The summed E-state index contributed by atoms with van der Waals surface area (Å²) >= 11 is 0. The summed E-state index contributed by atoms with van der Waals surface area (Å²) in [6, 6.07) is 0. The van der Waals surface area contributed by atoms with E-state index in [1.807, 2.05) is 6.92 Å². The van der Waals surface area contributed by atoms with Gasteiger partial charge in [-0.05, 0) is 31.6 Å². The van der Waals surface area contributed by atoms with Crippen LogP contribution in [0.3, 0.4) is 0 Å². The molecule has 144 valence electrons. The van der Waals surface area contributed by atoms with Crippen molar-refractivity contribution in [1.82, 2.24) is 5.32 Å². The minimum absolute atomic E-state index is 0.0384. The van der Waals surface area contributed by atoms with Crippen LogP contribution >= 0.6 is 0 Å². The number of nitrogens with one attached hydrogen (secondary N) is 1. The Morgan fingerprint density at radius 2 is 1.58 bits per heavy atom. The molecule has 0 radical (unpaired) electrons. The summed E-state index contributed by atoms with van der Waals surface area (Å²) in [5.41, 5.74) is 0.0384. The first kappa shape index (κ1) is 23.4. The quantitative estimate of drug-likeness (QED) is 0.448. The van der Waals surface area contributed by atoms with E-state index < -0.39 is 0 Å². The van der Waals surface area contributed by atoms with Crippen molar-refractivity contribution >= 4 is 5.91 Å². The Morgan fingerprint density at radius 1 is 1.00 bits per heavy atom. The summed E-state index contributed by atoms with van der Waals surface area (Å²) in [5, 5.41) is 2.98. The molecule has 0 aliphatic carbocycles. The van der Waals surface area contributed by atoms with Crippen LogP contribution in [-0.2, 0) is 14.3 Å². The highest BCUT2D eigenvalue weighted by molar-refractivity contribution is 5.78. The van der Waals surface area contributed by atoms with Gasteiger partial charge in [0.1, 0.15) is 0 Å². The molecule has 0 heterocycles. The zero-order valence-corrected chi connectivity index (χ0v) is 17.0. The van der Waals surface area contributed by atoms with E-state index in [9.17, 15) is 4.79 Å². The van der Waals surface area contributed by atoms with Gasteiger partial charge in [0.2, 0.25) is 5.91 Å². The standard InChI is InChI=1S/C20H41NO3/c1-7-10-18(4)19(22)21-12-9-14-24-16-20(5,6)15-23-13-8-11-17(2)3/h17-18H,7-16H2,1-6H3,(H,21,22). The van der Waals surface area contributed by atoms with Gasteiger partial charge in [0.25, 0.3) is 0 Å². The monoisotopic (exact) mass is 343 g/mol. The molecule has 0 aromatic heterocycles. The SMILES string of the molecule is CCCC(C)C(=O)NCCCOCC(C)(C)COCCCC(C)C. The summed E-state index contributed by atoms with van der Waals surface area (Å²) < 4.78 is 11.5. The molecule has 0 aromatic rings. The maximum Gasteiger partial charge on any atom is 0.222 e. The summed E-state index contributed by atoms with van der Waals surface area (Å²) in [5.74, 6) is 1.02. The molecule has 0 fully saturated rings. The van der Waals surface area contributed by atoms with Gasteiger partial charge in [-0.15, -0.1) is 0 Å². The third-order valence-corrected chi connectivity index (χ3v) is 3.99. The first-order valence-corrected chi connectivity index (χ1v) is 9.71. The molecule has 0 aromatic carbocycles. The summed E-state index contributed by atoms with van der Waals surface area (Å²) in [4.78, 5) is 11.8. The molecule has 0 aliphatic rings. The van der Waals surface area contributed by atoms with Crippen LogP contribution in [0, 0.1) is 17.3 Å². The molecule has 1 N–H and O–H groups in total. The van der Waals surface area contributed by atoms with E-state index in [1.165, 1.54) is 6.42 Å². The Labute approximate surface area is 150 Å². The fraction of sp³-hybridized carbons (Fsp3) is 0.950. The van der Waals surface area contributed by atoms with Crippen molar-refractivity contribution < 1.29 is 14.3 Å². The van der Waals surface area contributed by atoms with Gasteiger partial charge >= 0.3 is 0 Å². The molecule has 0 bridgehead atoms. The maximum absolute atomic E-state index is 11.8. The Kier molecular flexibility index (Phi) is 13.3. The van der Waals surface area contributed by atoms with Crippen LogP contribution in [0.4, 0.5) is 0 Å². The Hall–Kier alpha value is -0.610. The van der Waals surface area contributed by atoms with Gasteiger partial charge in [-0.1, -0.05) is 48.0 Å². The number of amides is 1. The van der Waals surface area contributed by atoms with Gasteiger partial charge in [-0.25, -0.2) is 0 Å². The van der Waals surface area contributed by atoms with Gasteiger partial charge in [0, 0.05) is 31.1 Å². The van der Waals surface area contributed by atoms with Crippen molar-refractivity contribution in [1.29, 1.82) is 0 Å². The predicted octanol–water partition coefficient (Wildman–Crippen LogP) is 4.42. The number of hydrogen-bond donors (Lipinski definition) is 1. The fourth-order valence-electron chi connectivity index (χ4n) is 2.46. The van der Waals surface area contributed by atoms with E-state index in [-0.39, 0.29) is 17.2 Å². The van der Waals surface area contributed by atoms with E-state index in [0.29, 0.717) is 19.8 Å². The molecule has 1 amide bonds. The van der Waals surface area contributed by atoms with Crippen molar-refractivity contribution in [3.63, 3.8) is 0 Å². The first-order valence-electron chi connectivity index (χ1n) is 9.71. The summed E-state index contributed by atoms with van der Waals surface area (Å²) in [6.07, 6.45) is 5.21. The van der Waals surface area contributed by atoms with Crippen molar-refractivity contribution in [2.45, 2.75) is 73.6 Å². The Morgan fingerprint density at radius 3 is 2.12 bits per heavy atom. The molecule has 0 spiro atoms. The second-order valence-corrected chi connectivity index (χ2v) is 8.14. The van der Waals surface area contributed by atoms with Crippen molar-refractivity contribution in [2.24, 2.45) is 17.3 Å². The van der Waals surface area contributed by atoms with Crippen molar-refractivity contribution in [3.8, 4) is 0 Å². The Bertz CT molecular complexity index is 316. The topological polar surface area (TPSA) is 47.6 Å². The van der Waals surface area contributed by atoms with Crippen LogP contribution in [-0.4, -0.2) is 38.9 Å². The first-order chi connectivity index (χ1) is 11.3. The van der Waals surface area contributed by atoms with Crippen molar-refractivity contribution in [3.05, 3.63) is 0 Å². The van der Waals surface area contributed by atoms with E-state index in [2.05, 4.69) is 39.9 Å². The Balaban J connectivity index is 3.59. The van der Waals surface area contributed by atoms with Gasteiger partial charge < -0.3 is 14.8 Å². The van der Waals surface area contributed by atoms with Crippen LogP contribution < -0.4 is 5.32 Å². The summed E-state index contributed by atoms with van der Waals surface area (Å²) in [7, 11) is 0. The van der Waals surface area contributed by atoms with Crippen molar-refractivity contribution in [2.75, 3.05) is 33.0 Å². The molecular weight excluding hydrogens is 302 g/mol. The number of ether oxygens (including phenoxy) is 2. The van der Waals surface area contributed by atoms with E-state index in [4.69, 9.17) is 9.47 Å². The molecule has 0 saturated heterocycles. The smallest absolute Gasteiger partial charge is 0.222 e. The molecule has 0 aliphatic heterocycles. The van der Waals surface area contributed by atoms with Crippen LogP contribution in [0.2, 0.25) is 0 Å². The second kappa shape index (κ2) is 13.7. The van der Waals surface area contributed by atoms with Gasteiger partial charge in [-0.2, -0.15) is 0 Å². The highest BCUT2D eigenvalue weighted by Gasteiger charge is 2.18. The molecule has 1 atom stereocenters. The van der Waals surface area contributed by atoms with Gasteiger partial charge in [0.05, 0.1) is 13.2 Å². The van der Waals surface area contributed by atoms with Gasteiger partial charge in [0.15, 0.2) is 0 Å². The average molecular weight is 344 g/mol. The third kappa shape index (κ3) is 13.8. The molecular formula is C20H41NO3. The van der Waals surface area contributed by atoms with Crippen LogP contribution in [0.1, 0.15) is 73.6 Å². The van der Waals surface area contributed by atoms with E-state index in [1.54, 1.807) is 0 Å². The lowest BCUT2D eigenvalue weighted by Gasteiger charge is -2.24. The average Bonchev–Trinajstić information content (AvgIpc) is 2.49. The molecule has 0 saturated carbocycles. The number of carbonyl (C=O) groups excluding carboxylic acids is 1. The van der Waals surface area contributed by atoms with Crippen LogP contribution in [0.15, 0.2) is 0 Å². The third-order valence-electron chi connectivity index (χ3n) is 3.99. The molecule has 4 nitrogen and oxygen atoms in total. The minimum atomic E-state index is 0.0384. The maximum atomic E-state index is 11.8. The second-order valence-electron chi connectivity index (χ2n) is 8.14. The van der Waals surface area contributed by atoms with Crippen LogP contribution in [0.5, 0.6) is 0 Å². The minimum Gasteiger partial charge on any atom is -0.381 e. The fourth-order valence-corrected chi connectivity index (χ4v) is 2.46. The van der Waals surface area contributed by atoms with Gasteiger partial charge in [-0.3, -0.25) is 4.79 Å². The summed E-state index contributed by atoms with van der Waals surface area (Å²) in [6.45, 7) is 16.5. The molecule has 0 rings (SSSR count). The number of hydrogen-bond acceptors (Lipinski definition) is 3. The van der Waals surface area contributed by atoms with E-state index in [0.717, 1.165) is 44.8 Å². The zero-order chi connectivity index (χ0) is 18.4. The zero-order valence-electron chi connectivity index (χ0n) is 17.0. The lowest BCUT2D eigenvalue weighted by molar-refractivity contribution is -0.124. The van der Waals surface area contributed by atoms with Crippen LogP contribution in [0.25, 0.3) is 0 Å². The largest absolute Gasteiger partial charge is 0.381 e. The predicted molar refractivity (Wildman–Crippen MR) is 101 cm³/mol. The molecule has 4 heteroatoms.